The number of rotatable bonds is 8. The number of nitrogens with zero attached hydrogens (tertiary/aromatic N) is 1. The summed E-state index contributed by atoms with van der Waals surface area (Å²) in [5.41, 5.74) is 4.93. The number of amides is 1. The molecule has 2 aromatic rings. The van der Waals surface area contributed by atoms with Crippen LogP contribution < -0.4 is 5.32 Å². The molecule has 4 nitrogen and oxygen atoms in total. The molecule has 0 unspecified atom stereocenters. The van der Waals surface area contributed by atoms with Gasteiger partial charge in [-0.2, -0.15) is 0 Å². The van der Waals surface area contributed by atoms with E-state index in [0.29, 0.717) is 13.0 Å². The molecule has 0 bridgehead atoms. The highest BCUT2D eigenvalue weighted by Gasteiger charge is 2.17. The zero-order valence-electron chi connectivity index (χ0n) is 17.2. The van der Waals surface area contributed by atoms with Gasteiger partial charge in [0.05, 0.1) is 6.10 Å². The lowest BCUT2D eigenvalue weighted by Crippen LogP contribution is -2.24. The van der Waals surface area contributed by atoms with Gasteiger partial charge in [-0.3, -0.25) is 9.69 Å². The van der Waals surface area contributed by atoms with Crippen LogP contribution in [0.15, 0.2) is 48.5 Å². The van der Waals surface area contributed by atoms with Gasteiger partial charge >= 0.3 is 0 Å². The largest absolute Gasteiger partial charge is 0.378 e. The highest BCUT2D eigenvalue weighted by atomic mass is 16.5. The number of hydrogen-bond donors (Lipinski definition) is 1. The number of ether oxygens (including phenoxy) is 1. The molecule has 0 saturated carbocycles. The van der Waals surface area contributed by atoms with Crippen LogP contribution in [0.5, 0.6) is 0 Å². The van der Waals surface area contributed by atoms with Crippen LogP contribution in [0.2, 0.25) is 0 Å². The highest BCUT2D eigenvalue weighted by Crippen LogP contribution is 2.25. The Morgan fingerprint density at radius 2 is 1.83 bits per heavy atom. The predicted octanol–water partition coefficient (Wildman–Crippen LogP) is 4.52. The van der Waals surface area contributed by atoms with Crippen LogP contribution in [0.3, 0.4) is 0 Å². The molecule has 1 amide bonds. The van der Waals surface area contributed by atoms with Crippen molar-refractivity contribution in [1.29, 1.82) is 0 Å². The van der Waals surface area contributed by atoms with E-state index in [1.54, 1.807) is 0 Å². The number of likely N-dealkylation sites (tertiary alicyclic amines) is 1. The molecule has 4 rings (SSSR count). The van der Waals surface area contributed by atoms with Crippen molar-refractivity contribution in [3.05, 3.63) is 59.7 Å². The standard InChI is InChI=1S/C25H32N2O2/c28-25(14-13-23-7-5-17-29-23)26-18-22-6-1-2-8-24(22)21-11-9-20(10-12-21)19-27-15-3-4-16-27/h1-2,6,8-12,23H,3-5,7,13-19H2,(H,26,28)/t23-/m1/s1. The van der Waals surface area contributed by atoms with Crippen LogP contribution in [0.1, 0.15) is 49.7 Å². The van der Waals surface area contributed by atoms with Gasteiger partial charge in [-0.05, 0) is 67.4 Å². The molecule has 0 aromatic heterocycles. The summed E-state index contributed by atoms with van der Waals surface area (Å²) >= 11 is 0. The molecule has 2 aromatic carbocycles. The average Bonchev–Trinajstić information content (AvgIpc) is 3.46. The topological polar surface area (TPSA) is 41.6 Å². The van der Waals surface area contributed by atoms with E-state index in [9.17, 15) is 4.79 Å². The van der Waals surface area contributed by atoms with Crippen molar-refractivity contribution >= 4 is 5.91 Å². The van der Waals surface area contributed by atoms with Crippen LogP contribution in [-0.2, 0) is 22.6 Å². The van der Waals surface area contributed by atoms with E-state index in [0.717, 1.165) is 38.0 Å². The lowest BCUT2D eigenvalue weighted by atomic mass is 9.98. The fraction of sp³-hybridized carbons (Fsp3) is 0.480. The van der Waals surface area contributed by atoms with Gasteiger partial charge in [0.1, 0.15) is 0 Å². The summed E-state index contributed by atoms with van der Waals surface area (Å²) in [6.45, 7) is 4.89. The first-order valence-corrected chi connectivity index (χ1v) is 11.1. The van der Waals surface area contributed by atoms with E-state index >= 15 is 0 Å². The first-order chi connectivity index (χ1) is 14.3. The third-order valence-corrected chi connectivity index (χ3v) is 6.08. The third kappa shape index (κ3) is 5.68. The average molecular weight is 393 g/mol. The van der Waals surface area contributed by atoms with Crippen molar-refractivity contribution in [3.63, 3.8) is 0 Å². The molecular weight excluding hydrogens is 360 g/mol. The minimum Gasteiger partial charge on any atom is -0.378 e. The third-order valence-electron chi connectivity index (χ3n) is 6.08. The van der Waals surface area contributed by atoms with Gasteiger partial charge in [0, 0.05) is 26.1 Å². The number of carbonyl (C=O) groups excluding carboxylic acids is 1. The Morgan fingerprint density at radius 3 is 2.59 bits per heavy atom. The van der Waals surface area contributed by atoms with E-state index in [4.69, 9.17) is 4.74 Å². The van der Waals surface area contributed by atoms with Crippen molar-refractivity contribution in [1.82, 2.24) is 10.2 Å². The molecule has 0 radical (unpaired) electrons. The number of nitrogens with one attached hydrogen (secondary N) is 1. The molecule has 4 heteroatoms. The first kappa shape index (κ1) is 20.1. The van der Waals surface area contributed by atoms with Gasteiger partial charge in [-0.15, -0.1) is 0 Å². The summed E-state index contributed by atoms with van der Waals surface area (Å²) < 4.78 is 5.61. The van der Waals surface area contributed by atoms with E-state index in [1.807, 2.05) is 6.07 Å². The minimum atomic E-state index is 0.108. The Balaban J connectivity index is 1.34. The van der Waals surface area contributed by atoms with E-state index in [2.05, 4.69) is 52.7 Å². The van der Waals surface area contributed by atoms with E-state index < -0.39 is 0 Å². The number of hydrogen-bond acceptors (Lipinski definition) is 3. The van der Waals surface area contributed by atoms with Gasteiger partial charge in [-0.1, -0.05) is 48.5 Å². The second-order valence-corrected chi connectivity index (χ2v) is 8.29. The summed E-state index contributed by atoms with van der Waals surface area (Å²) in [5.74, 6) is 0.108. The van der Waals surface area contributed by atoms with Crippen molar-refractivity contribution in [2.45, 2.75) is 57.7 Å². The van der Waals surface area contributed by atoms with Crippen LogP contribution in [0.25, 0.3) is 11.1 Å². The minimum absolute atomic E-state index is 0.108. The molecule has 1 atom stereocenters. The predicted molar refractivity (Wildman–Crippen MR) is 116 cm³/mol. The quantitative estimate of drug-likeness (QED) is 0.718. The lowest BCUT2D eigenvalue weighted by Gasteiger charge is -2.15. The van der Waals surface area contributed by atoms with Gasteiger partial charge in [0.25, 0.3) is 0 Å². The van der Waals surface area contributed by atoms with Crippen molar-refractivity contribution in [3.8, 4) is 11.1 Å². The monoisotopic (exact) mass is 392 g/mol. The number of benzene rings is 2. The van der Waals surface area contributed by atoms with Gasteiger partial charge in [0.15, 0.2) is 0 Å². The summed E-state index contributed by atoms with van der Waals surface area (Å²) in [6, 6.07) is 17.3. The van der Waals surface area contributed by atoms with Crippen molar-refractivity contribution < 1.29 is 9.53 Å². The zero-order chi connectivity index (χ0) is 19.9. The Kier molecular flexibility index (Phi) is 6.96. The molecular formula is C25H32N2O2. The molecule has 154 valence electrons. The van der Waals surface area contributed by atoms with E-state index in [1.165, 1.54) is 42.6 Å². The summed E-state index contributed by atoms with van der Waals surface area (Å²) in [5, 5.41) is 3.09. The van der Waals surface area contributed by atoms with Gasteiger partial charge in [0.2, 0.25) is 5.91 Å². The van der Waals surface area contributed by atoms with Crippen molar-refractivity contribution in [2.75, 3.05) is 19.7 Å². The summed E-state index contributed by atoms with van der Waals surface area (Å²) in [4.78, 5) is 14.8. The molecule has 0 aliphatic carbocycles. The molecule has 2 aliphatic rings. The molecule has 0 spiro atoms. The lowest BCUT2D eigenvalue weighted by molar-refractivity contribution is -0.121. The van der Waals surface area contributed by atoms with Gasteiger partial charge in [-0.25, -0.2) is 0 Å². The Labute approximate surface area is 174 Å². The fourth-order valence-corrected chi connectivity index (χ4v) is 4.39. The molecule has 2 aliphatic heterocycles. The molecule has 2 saturated heterocycles. The summed E-state index contributed by atoms with van der Waals surface area (Å²) in [7, 11) is 0. The Morgan fingerprint density at radius 1 is 1.03 bits per heavy atom. The zero-order valence-corrected chi connectivity index (χ0v) is 17.2. The number of carbonyl (C=O) groups is 1. The maximum absolute atomic E-state index is 12.3. The Bertz CT molecular complexity index is 791. The SMILES string of the molecule is O=C(CC[C@H]1CCCO1)NCc1ccccc1-c1ccc(CN2CCCC2)cc1. The van der Waals surface area contributed by atoms with Crippen LogP contribution in [0.4, 0.5) is 0 Å². The molecule has 2 heterocycles. The Hall–Kier alpha value is -2.17. The van der Waals surface area contributed by atoms with Crippen molar-refractivity contribution in [2.24, 2.45) is 0 Å². The van der Waals surface area contributed by atoms with Crippen LogP contribution in [-0.4, -0.2) is 36.6 Å². The van der Waals surface area contributed by atoms with E-state index in [-0.39, 0.29) is 12.0 Å². The smallest absolute Gasteiger partial charge is 0.220 e. The first-order valence-electron chi connectivity index (χ1n) is 11.1. The molecule has 1 N–H and O–H groups in total. The van der Waals surface area contributed by atoms with Crippen LogP contribution >= 0.6 is 0 Å². The van der Waals surface area contributed by atoms with Crippen LogP contribution in [0, 0.1) is 0 Å². The maximum Gasteiger partial charge on any atom is 0.220 e. The highest BCUT2D eigenvalue weighted by molar-refractivity contribution is 5.76. The molecule has 2 fully saturated rings. The second kappa shape index (κ2) is 10.0. The fourth-order valence-electron chi connectivity index (χ4n) is 4.39. The second-order valence-electron chi connectivity index (χ2n) is 8.29. The summed E-state index contributed by atoms with van der Waals surface area (Å²) in [6.07, 6.45) is 6.49. The normalized spacial score (nSPS) is 19.5. The molecule has 29 heavy (non-hydrogen) atoms. The maximum atomic E-state index is 12.3. The van der Waals surface area contributed by atoms with Gasteiger partial charge < -0.3 is 10.1 Å².